The van der Waals surface area contributed by atoms with E-state index < -0.39 is 0 Å². The molecule has 0 radical (unpaired) electrons. The molecule has 1 aliphatic rings. The van der Waals surface area contributed by atoms with Crippen molar-refractivity contribution in [2.75, 3.05) is 14.1 Å². The zero-order valence-corrected chi connectivity index (χ0v) is 9.66. The lowest BCUT2D eigenvalue weighted by Gasteiger charge is -2.23. The van der Waals surface area contributed by atoms with E-state index in [1.807, 2.05) is 19.0 Å². The SMILES string of the molecule is CN(C)C(N)c1ccc2c(c1)CCCC2. The van der Waals surface area contributed by atoms with Gasteiger partial charge in [-0.05, 0) is 56.5 Å². The molecule has 0 aliphatic heterocycles. The molecule has 0 spiro atoms. The molecule has 0 amide bonds. The van der Waals surface area contributed by atoms with Crippen molar-refractivity contribution in [3.8, 4) is 0 Å². The average Bonchev–Trinajstić information content (AvgIpc) is 2.27. The van der Waals surface area contributed by atoms with Crippen molar-refractivity contribution < 1.29 is 0 Å². The first-order valence-electron chi connectivity index (χ1n) is 5.72. The zero-order chi connectivity index (χ0) is 10.8. The van der Waals surface area contributed by atoms with E-state index in [4.69, 9.17) is 5.73 Å². The Morgan fingerprint density at radius 2 is 1.80 bits per heavy atom. The molecule has 1 aromatic rings. The van der Waals surface area contributed by atoms with Crippen molar-refractivity contribution in [1.29, 1.82) is 0 Å². The maximum atomic E-state index is 6.10. The summed E-state index contributed by atoms with van der Waals surface area (Å²) >= 11 is 0. The van der Waals surface area contributed by atoms with Crippen molar-refractivity contribution in [3.05, 3.63) is 34.9 Å². The molecular weight excluding hydrogens is 184 g/mol. The summed E-state index contributed by atoms with van der Waals surface area (Å²) in [6, 6.07) is 6.72. The second kappa shape index (κ2) is 4.33. The molecule has 1 atom stereocenters. The van der Waals surface area contributed by atoms with Crippen LogP contribution < -0.4 is 5.73 Å². The molecule has 2 heteroatoms. The molecule has 0 saturated carbocycles. The van der Waals surface area contributed by atoms with Crippen LogP contribution >= 0.6 is 0 Å². The smallest absolute Gasteiger partial charge is 0.0830 e. The van der Waals surface area contributed by atoms with Crippen LogP contribution in [0.2, 0.25) is 0 Å². The number of fused-ring (bicyclic) bond motifs is 1. The van der Waals surface area contributed by atoms with Gasteiger partial charge >= 0.3 is 0 Å². The second-order valence-corrected chi connectivity index (χ2v) is 4.64. The molecule has 1 unspecified atom stereocenters. The summed E-state index contributed by atoms with van der Waals surface area (Å²) in [5.74, 6) is 0. The summed E-state index contributed by atoms with van der Waals surface area (Å²) in [6.45, 7) is 0. The van der Waals surface area contributed by atoms with Crippen molar-refractivity contribution in [2.24, 2.45) is 5.73 Å². The van der Waals surface area contributed by atoms with E-state index in [-0.39, 0.29) is 6.17 Å². The quantitative estimate of drug-likeness (QED) is 0.747. The lowest BCUT2D eigenvalue weighted by atomic mass is 9.90. The normalized spacial score (nSPS) is 17.6. The van der Waals surface area contributed by atoms with Gasteiger partial charge in [-0.1, -0.05) is 18.2 Å². The fourth-order valence-corrected chi connectivity index (χ4v) is 2.24. The van der Waals surface area contributed by atoms with Gasteiger partial charge in [0.25, 0.3) is 0 Å². The van der Waals surface area contributed by atoms with Crippen LogP contribution in [-0.2, 0) is 12.8 Å². The minimum Gasteiger partial charge on any atom is -0.312 e. The topological polar surface area (TPSA) is 29.3 Å². The minimum absolute atomic E-state index is 0.0252. The van der Waals surface area contributed by atoms with Crippen LogP contribution in [0.4, 0.5) is 0 Å². The van der Waals surface area contributed by atoms with Gasteiger partial charge in [0.1, 0.15) is 0 Å². The van der Waals surface area contributed by atoms with Gasteiger partial charge in [0.05, 0.1) is 6.17 Å². The monoisotopic (exact) mass is 204 g/mol. The summed E-state index contributed by atoms with van der Waals surface area (Å²) in [4.78, 5) is 2.05. The Balaban J connectivity index is 2.27. The third kappa shape index (κ3) is 2.21. The fourth-order valence-electron chi connectivity index (χ4n) is 2.24. The molecule has 0 saturated heterocycles. The third-order valence-corrected chi connectivity index (χ3v) is 3.27. The van der Waals surface area contributed by atoms with E-state index >= 15 is 0 Å². The molecule has 2 nitrogen and oxygen atoms in total. The van der Waals surface area contributed by atoms with Gasteiger partial charge in [-0.3, -0.25) is 4.90 Å². The van der Waals surface area contributed by atoms with Gasteiger partial charge in [-0.25, -0.2) is 0 Å². The van der Waals surface area contributed by atoms with Gasteiger partial charge in [0.15, 0.2) is 0 Å². The first kappa shape index (κ1) is 10.7. The molecular formula is C13H20N2. The summed E-state index contributed by atoms with van der Waals surface area (Å²) < 4.78 is 0. The summed E-state index contributed by atoms with van der Waals surface area (Å²) in [7, 11) is 4.04. The third-order valence-electron chi connectivity index (χ3n) is 3.27. The zero-order valence-electron chi connectivity index (χ0n) is 9.66. The highest BCUT2D eigenvalue weighted by atomic mass is 15.2. The highest BCUT2D eigenvalue weighted by molar-refractivity contribution is 5.34. The lowest BCUT2D eigenvalue weighted by Crippen LogP contribution is -2.27. The first-order valence-corrected chi connectivity index (χ1v) is 5.72. The van der Waals surface area contributed by atoms with Crippen LogP contribution in [0.1, 0.15) is 35.7 Å². The Morgan fingerprint density at radius 3 is 2.47 bits per heavy atom. The molecule has 1 aromatic carbocycles. The summed E-state index contributed by atoms with van der Waals surface area (Å²) in [5, 5.41) is 0. The summed E-state index contributed by atoms with van der Waals surface area (Å²) in [5.41, 5.74) is 10.4. The van der Waals surface area contributed by atoms with Crippen LogP contribution in [0.3, 0.4) is 0 Å². The van der Waals surface area contributed by atoms with E-state index in [9.17, 15) is 0 Å². The van der Waals surface area contributed by atoms with E-state index in [1.54, 1.807) is 0 Å². The number of nitrogens with two attached hydrogens (primary N) is 1. The molecule has 1 aliphatic carbocycles. The van der Waals surface area contributed by atoms with Gasteiger partial charge in [0, 0.05) is 0 Å². The van der Waals surface area contributed by atoms with Gasteiger partial charge in [0.2, 0.25) is 0 Å². The standard InChI is InChI=1S/C13H20N2/c1-15(2)13(14)12-8-7-10-5-3-4-6-11(10)9-12/h7-9,13H,3-6,14H2,1-2H3. The molecule has 0 bridgehead atoms. The number of nitrogens with zero attached hydrogens (tertiary/aromatic N) is 1. The molecule has 0 heterocycles. The average molecular weight is 204 g/mol. The minimum atomic E-state index is 0.0252. The summed E-state index contributed by atoms with van der Waals surface area (Å²) in [6.07, 6.45) is 5.16. The number of hydrogen-bond acceptors (Lipinski definition) is 2. The van der Waals surface area contributed by atoms with Gasteiger partial charge < -0.3 is 5.73 Å². The van der Waals surface area contributed by atoms with Crippen LogP contribution in [0.15, 0.2) is 18.2 Å². The Bertz CT molecular complexity index is 344. The predicted octanol–water partition coefficient (Wildman–Crippen LogP) is 2.08. The van der Waals surface area contributed by atoms with E-state index in [0.29, 0.717) is 0 Å². The Labute approximate surface area is 92.1 Å². The Hall–Kier alpha value is -0.860. The lowest BCUT2D eigenvalue weighted by molar-refractivity contribution is 0.307. The fraction of sp³-hybridized carbons (Fsp3) is 0.538. The van der Waals surface area contributed by atoms with Crippen LogP contribution in [-0.4, -0.2) is 19.0 Å². The number of aryl methyl sites for hydroxylation is 2. The van der Waals surface area contributed by atoms with Crippen LogP contribution in [0.25, 0.3) is 0 Å². The van der Waals surface area contributed by atoms with E-state index in [1.165, 1.54) is 42.4 Å². The molecule has 15 heavy (non-hydrogen) atoms. The van der Waals surface area contributed by atoms with Crippen molar-refractivity contribution in [3.63, 3.8) is 0 Å². The molecule has 0 aromatic heterocycles. The van der Waals surface area contributed by atoms with Crippen molar-refractivity contribution >= 4 is 0 Å². The maximum absolute atomic E-state index is 6.10. The van der Waals surface area contributed by atoms with Crippen molar-refractivity contribution in [2.45, 2.75) is 31.8 Å². The maximum Gasteiger partial charge on any atom is 0.0830 e. The highest BCUT2D eigenvalue weighted by Gasteiger charge is 2.13. The van der Waals surface area contributed by atoms with E-state index in [0.717, 1.165) is 0 Å². The molecule has 2 rings (SSSR count). The number of rotatable bonds is 2. The van der Waals surface area contributed by atoms with Gasteiger partial charge in [-0.15, -0.1) is 0 Å². The highest BCUT2D eigenvalue weighted by Crippen LogP contribution is 2.24. The van der Waals surface area contributed by atoms with Crippen LogP contribution in [0.5, 0.6) is 0 Å². The largest absolute Gasteiger partial charge is 0.312 e. The first-order chi connectivity index (χ1) is 7.18. The molecule has 2 N–H and O–H groups in total. The Kier molecular flexibility index (Phi) is 3.08. The van der Waals surface area contributed by atoms with Crippen molar-refractivity contribution in [1.82, 2.24) is 4.90 Å². The Morgan fingerprint density at radius 1 is 1.13 bits per heavy atom. The van der Waals surface area contributed by atoms with Gasteiger partial charge in [-0.2, -0.15) is 0 Å². The van der Waals surface area contributed by atoms with E-state index in [2.05, 4.69) is 18.2 Å². The molecule has 0 fully saturated rings. The number of hydrogen-bond donors (Lipinski definition) is 1. The molecule has 82 valence electrons. The number of benzene rings is 1. The predicted molar refractivity (Wildman–Crippen MR) is 63.7 cm³/mol. The van der Waals surface area contributed by atoms with Crippen LogP contribution in [0, 0.1) is 0 Å². The second-order valence-electron chi connectivity index (χ2n) is 4.64.